The molecule has 0 aliphatic heterocycles. The Labute approximate surface area is 55.2 Å². The van der Waals surface area contributed by atoms with Gasteiger partial charge in [0.25, 0.3) is 0 Å². The smallest absolute Gasteiger partial charge is 0.0437 e. The fraction of sp³-hybridized carbons (Fsp3) is 1.00. The van der Waals surface area contributed by atoms with Crippen molar-refractivity contribution >= 4 is 23.1 Å². The van der Waals surface area contributed by atoms with Crippen LogP contribution in [0.4, 0.5) is 0 Å². The van der Waals surface area contributed by atoms with Crippen molar-refractivity contribution < 1.29 is 4.74 Å². The van der Waals surface area contributed by atoms with Gasteiger partial charge in [0.05, 0.1) is 0 Å². The molecule has 1 nitrogen and oxygen atoms in total. The van der Waals surface area contributed by atoms with Gasteiger partial charge in [0, 0.05) is 36.3 Å². The zero-order valence-electron chi connectivity index (χ0n) is 4.53. The van der Waals surface area contributed by atoms with E-state index in [1.165, 1.54) is 0 Å². The molecule has 0 aliphatic rings. The highest BCUT2D eigenvalue weighted by Gasteiger charge is 1.64. The van der Waals surface area contributed by atoms with Gasteiger partial charge >= 0.3 is 0 Å². The zero-order chi connectivity index (χ0) is 4.12. The molecule has 2 heteroatoms. The lowest BCUT2D eigenvalue weighted by Crippen LogP contribution is -1.84. The largest absolute Gasteiger partial charge is 0.382 e. The fourth-order valence-corrected chi connectivity index (χ4v) is 0.204. The van der Waals surface area contributed by atoms with Crippen molar-refractivity contribution in [1.82, 2.24) is 0 Å². The van der Waals surface area contributed by atoms with Gasteiger partial charge in [-0.15, -0.1) is 0 Å². The maximum absolute atomic E-state index is 4.83. The van der Waals surface area contributed by atoms with Crippen LogP contribution in [0, 0.1) is 0 Å². The first-order valence-electron chi connectivity index (χ1n) is 1.99. The van der Waals surface area contributed by atoms with E-state index < -0.39 is 0 Å². The predicted octanol–water partition coefficient (Wildman–Crippen LogP) is 0.662. The molecule has 0 N–H and O–H groups in total. The predicted molar refractivity (Wildman–Crippen MR) is 27.9 cm³/mol. The van der Waals surface area contributed by atoms with Crippen LogP contribution in [0.5, 0.6) is 0 Å². The highest BCUT2D eigenvalue weighted by Crippen LogP contribution is 1.64. The lowest BCUT2D eigenvalue weighted by Gasteiger charge is -1.86. The Balaban J connectivity index is 0. The summed E-state index contributed by atoms with van der Waals surface area (Å²) in [5, 5.41) is 0. The summed E-state index contributed by atoms with van der Waals surface area (Å²) in [7, 11) is 0. The third kappa shape index (κ3) is 8.83. The topological polar surface area (TPSA) is 9.23 Å². The molecule has 6 heavy (non-hydrogen) atoms. The Morgan fingerprint density at radius 3 is 1.50 bits per heavy atom. The number of hydrogen-bond donors (Lipinski definition) is 0. The van der Waals surface area contributed by atoms with Crippen molar-refractivity contribution in [2.75, 3.05) is 13.2 Å². The molecule has 0 atom stereocenters. The molecule has 0 heterocycles. The second kappa shape index (κ2) is 9.21. The van der Waals surface area contributed by atoms with Crippen molar-refractivity contribution in [2.24, 2.45) is 0 Å². The van der Waals surface area contributed by atoms with Crippen molar-refractivity contribution in [3.63, 3.8) is 0 Å². The first-order chi connectivity index (χ1) is 2.41. The van der Waals surface area contributed by atoms with Gasteiger partial charge in [-0.3, -0.25) is 0 Å². The standard InChI is InChI=1S/C4H10O.Mg/c1-3-5-4-2;/h3-4H2,1-2H3;. The maximum atomic E-state index is 4.83. The SMILES string of the molecule is CCOCC.[Mg]. The summed E-state index contributed by atoms with van der Waals surface area (Å²) in [4.78, 5) is 0. The molecule has 0 rings (SSSR count). The first kappa shape index (κ1) is 9.87. The summed E-state index contributed by atoms with van der Waals surface area (Å²) in [6.07, 6.45) is 0. The second-order valence-corrected chi connectivity index (χ2v) is 0.781. The lowest BCUT2D eigenvalue weighted by atomic mass is 10.8. The van der Waals surface area contributed by atoms with E-state index in [1.807, 2.05) is 13.8 Å². The van der Waals surface area contributed by atoms with Gasteiger partial charge in [-0.05, 0) is 13.8 Å². The molecule has 0 aromatic rings. The van der Waals surface area contributed by atoms with E-state index in [2.05, 4.69) is 0 Å². The summed E-state index contributed by atoms with van der Waals surface area (Å²) in [6.45, 7) is 5.67. The number of hydrogen-bond acceptors (Lipinski definition) is 1. The minimum Gasteiger partial charge on any atom is -0.382 e. The molecule has 0 bridgehead atoms. The molecular weight excluding hydrogens is 88.3 g/mol. The molecule has 2 radical (unpaired) electrons. The Kier molecular flexibility index (Phi) is 15.2. The Morgan fingerprint density at radius 2 is 1.50 bits per heavy atom. The van der Waals surface area contributed by atoms with Crippen LogP contribution in [-0.2, 0) is 4.74 Å². The summed E-state index contributed by atoms with van der Waals surface area (Å²) in [5.74, 6) is 0. The summed E-state index contributed by atoms with van der Waals surface area (Å²) in [5.41, 5.74) is 0. The monoisotopic (exact) mass is 98.1 g/mol. The van der Waals surface area contributed by atoms with Gasteiger partial charge in [0.15, 0.2) is 0 Å². The van der Waals surface area contributed by atoms with E-state index in [-0.39, 0.29) is 23.1 Å². The van der Waals surface area contributed by atoms with Crippen molar-refractivity contribution in [1.29, 1.82) is 0 Å². The molecule has 0 aromatic carbocycles. The Hall–Kier alpha value is 0.726. The fourth-order valence-electron chi connectivity index (χ4n) is 0.204. The van der Waals surface area contributed by atoms with Gasteiger partial charge in [-0.2, -0.15) is 0 Å². The Bertz CT molecular complexity index is 15.0. The number of ether oxygens (including phenoxy) is 1. The van der Waals surface area contributed by atoms with Gasteiger partial charge in [0.1, 0.15) is 0 Å². The second-order valence-electron chi connectivity index (χ2n) is 0.781. The first-order valence-corrected chi connectivity index (χ1v) is 1.99. The van der Waals surface area contributed by atoms with Crippen LogP contribution in [0.3, 0.4) is 0 Å². The molecule has 0 aliphatic carbocycles. The summed E-state index contributed by atoms with van der Waals surface area (Å²) < 4.78 is 4.83. The van der Waals surface area contributed by atoms with Gasteiger partial charge in [-0.25, -0.2) is 0 Å². The van der Waals surface area contributed by atoms with E-state index >= 15 is 0 Å². The van der Waals surface area contributed by atoms with Crippen LogP contribution < -0.4 is 0 Å². The van der Waals surface area contributed by atoms with E-state index in [0.29, 0.717) is 0 Å². The molecule has 0 saturated heterocycles. The Morgan fingerprint density at radius 1 is 1.17 bits per heavy atom. The van der Waals surface area contributed by atoms with Gasteiger partial charge in [0.2, 0.25) is 0 Å². The average Bonchev–Trinajstić information content (AvgIpc) is 1.41. The third-order valence-electron chi connectivity index (χ3n) is 0.408. The third-order valence-corrected chi connectivity index (χ3v) is 0.408. The van der Waals surface area contributed by atoms with Crippen LogP contribution in [0.15, 0.2) is 0 Å². The normalized spacial score (nSPS) is 7.00. The van der Waals surface area contributed by atoms with Crippen LogP contribution in [-0.4, -0.2) is 36.3 Å². The quantitative estimate of drug-likeness (QED) is 0.461. The molecule has 0 aromatic heterocycles. The summed E-state index contributed by atoms with van der Waals surface area (Å²) in [6, 6.07) is 0. The highest BCUT2D eigenvalue weighted by molar-refractivity contribution is 5.75. The molecule has 0 spiro atoms. The van der Waals surface area contributed by atoms with Crippen molar-refractivity contribution in [3.05, 3.63) is 0 Å². The van der Waals surface area contributed by atoms with E-state index in [0.717, 1.165) is 13.2 Å². The van der Waals surface area contributed by atoms with Crippen molar-refractivity contribution in [2.45, 2.75) is 13.8 Å². The molecule has 0 saturated carbocycles. The lowest BCUT2D eigenvalue weighted by molar-refractivity contribution is 0.162. The number of rotatable bonds is 2. The van der Waals surface area contributed by atoms with Crippen molar-refractivity contribution in [3.8, 4) is 0 Å². The highest BCUT2D eigenvalue weighted by atomic mass is 24.3. The van der Waals surface area contributed by atoms with Gasteiger partial charge < -0.3 is 4.74 Å². The minimum absolute atomic E-state index is 0. The average molecular weight is 98.4 g/mol. The van der Waals surface area contributed by atoms with E-state index in [1.54, 1.807) is 0 Å². The molecule has 0 unspecified atom stereocenters. The van der Waals surface area contributed by atoms with E-state index in [9.17, 15) is 0 Å². The van der Waals surface area contributed by atoms with Crippen LogP contribution >= 0.6 is 0 Å². The van der Waals surface area contributed by atoms with Gasteiger partial charge in [-0.1, -0.05) is 0 Å². The molecule has 34 valence electrons. The molecule has 0 fully saturated rings. The minimum atomic E-state index is 0. The molecule has 0 amide bonds. The summed E-state index contributed by atoms with van der Waals surface area (Å²) >= 11 is 0. The van der Waals surface area contributed by atoms with Crippen LogP contribution in [0.1, 0.15) is 13.8 Å². The van der Waals surface area contributed by atoms with E-state index in [4.69, 9.17) is 4.74 Å². The van der Waals surface area contributed by atoms with Crippen LogP contribution in [0.25, 0.3) is 0 Å². The van der Waals surface area contributed by atoms with Crippen LogP contribution in [0.2, 0.25) is 0 Å². The molecular formula is C4H10MgO. The zero-order valence-corrected chi connectivity index (χ0v) is 5.94. The maximum Gasteiger partial charge on any atom is 0.0437 e.